The van der Waals surface area contributed by atoms with Crippen molar-refractivity contribution in [3.63, 3.8) is 0 Å². The maximum Gasteiger partial charge on any atom is 0.631 e. The number of aliphatic hydroxyl groups is 5. The van der Waals surface area contributed by atoms with Gasteiger partial charge in [-0.25, -0.2) is 0 Å². The fourth-order valence-electron chi connectivity index (χ4n) is 2.78. The molecule has 0 saturated heterocycles. The van der Waals surface area contributed by atoms with E-state index in [0.29, 0.717) is 6.61 Å². The standard InChI is InChI=1S/C21H42O3.C3H8O3.BH3O3/c1-2-3-4-5-6-7-8-9-10-11-12-13-14-15-16-17-18-24-20-21(23)19-22;4-1-3(6)2-5;2-1(3)4/h9-10,21-23H,2-8,11-20H2,1H3;3-6H,1-2H2;2-4H. The van der Waals surface area contributed by atoms with Crippen LogP contribution in [0.2, 0.25) is 0 Å². The van der Waals surface area contributed by atoms with Crippen molar-refractivity contribution in [1.29, 1.82) is 0 Å². The summed E-state index contributed by atoms with van der Waals surface area (Å²) in [6.45, 7) is 2.27. The van der Waals surface area contributed by atoms with E-state index in [0.717, 1.165) is 6.42 Å². The quantitative estimate of drug-likeness (QED) is 0.0669. The van der Waals surface area contributed by atoms with E-state index in [1.165, 1.54) is 83.5 Å². The highest BCUT2D eigenvalue weighted by Crippen LogP contribution is 2.10. The molecule has 8 N–H and O–H groups in total. The molecule has 10 heteroatoms. The van der Waals surface area contributed by atoms with Crippen LogP contribution in [0.1, 0.15) is 96.8 Å². The van der Waals surface area contributed by atoms with Gasteiger partial charge in [-0.05, 0) is 32.1 Å². The number of hydrogen-bond acceptors (Lipinski definition) is 9. The SMILES string of the molecule is CCCCCCCCC=CCCCCCCCCOCC(O)CO.OB(O)O.OCC(O)CO. The minimum Gasteiger partial charge on any atom is -0.402 e. The molecule has 0 aromatic heterocycles. The maximum absolute atomic E-state index is 9.11. The summed E-state index contributed by atoms with van der Waals surface area (Å²) in [6, 6.07) is 0. The number of aliphatic hydroxyl groups excluding tert-OH is 5. The van der Waals surface area contributed by atoms with Crippen LogP contribution in [0.15, 0.2) is 12.2 Å². The Hall–Kier alpha value is -0.555. The van der Waals surface area contributed by atoms with Crippen LogP contribution in [0.3, 0.4) is 0 Å². The van der Waals surface area contributed by atoms with E-state index in [1.807, 2.05) is 0 Å². The highest BCUT2D eigenvalue weighted by Gasteiger charge is 2.00. The van der Waals surface area contributed by atoms with Crippen LogP contribution in [0.4, 0.5) is 0 Å². The first-order chi connectivity index (χ1) is 16.3. The summed E-state index contributed by atoms with van der Waals surface area (Å²) in [5, 5.41) is 63.3. The van der Waals surface area contributed by atoms with E-state index < -0.39 is 19.5 Å². The normalized spacial score (nSPS) is 11.7. The monoisotopic (exact) mass is 496 g/mol. The summed E-state index contributed by atoms with van der Waals surface area (Å²) in [4.78, 5) is 0. The Morgan fingerprint density at radius 1 is 0.618 bits per heavy atom. The van der Waals surface area contributed by atoms with Crippen molar-refractivity contribution in [2.24, 2.45) is 0 Å². The molecule has 0 aliphatic carbocycles. The largest absolute Gasteiger partial charge is 0.631 e. The van der Waals surface area contributed by atoms with Crippen molar-refractivity contribution in [3.05, 3.63) is 12.2 Å². The molecule has 0 rings (SSSR count). The molecule has 1 atom stereocenters. The predicted octanol–water partition coefficient (Wildman–Crippen LogP) is 1.67. The zero-order chi connectivity index (χ0) is 26.3. The molecule has 1 unspecified atom stereocenters. The van der Waals surface area contributed by atoms with Crippen molar-refractivity contribution in [1.82, 2.24) is 0 Å². The Morgan fingerprint density at radius 3 is 1.38 bits per heavy atom. The van der Waals surface area contributed by atoms with E-state index in [2.05, 4.69) is 19.1 Å². The molecule has 0 aromatic carbocycles. The number of unbranched alkanes of at least 4 members (excludes halogenated alkanes) is 12. The van der Waals surface area contributed by atoms with Crippen LogP contribution in [-0.4, -0.2) is 93.2 Å². The van der Waals surface area contributed by atoms with Gasteiger partial charge in [-0.1, -0.05) is 76.9 Å². The van der Waals surface area contributed by atoms with Gasteiger partial charge in [-0.2, -0.15) is 0 Å². The third kappa shape index (κ3) is 45.0. The Kier molecular flexibility index (Phi) is 38.7. The smallest absolute Gasteiger partial charge is 0.402 e. The van der Waals surface area contributed by atoms with E-state index in [9.17, 15) is 0 Å². The first-order valence-electron chi connectivity index (χ1n) is 12.8. The summed E-state index contributed by atoms with van der Waals surface area (Å²) in [7, 11) is -2.17. The van der Waals surface area contributed by atoms with Gasteiger partial charge in [0.2, 0.25) is 0 Å². The Morgan fingerprint density at radius 2 is 1.00 bits per heavy atom. The molecule has 34 heavy (non-hydrogen) atoms. The second-order valence-electron chi connectivity index (χ2n) is 8.21. The van der Waals surface area contributed by atoms with Crippen LogP contribution in [0.5, 0.6) is 0 Å². The van der Waals surface area contributed by atoms with Crippen molar-refractivity contribution < 1.29 is 45.3 Å². The fraction of sp³-hybridized carbons (Fsp3) is 0.917. The summed E-state index contributed by atoms with van der Waals surface area (Å²) in [5.74, 6) is 0. The zero-order valence-electron chi connectivity index (χ0n) is 21.3. The van der Waals surface area contributed by atoms with Gasteiger partial charge in [0, 0.05) is 6.61 Å². The fourth-order valence-corrected chi connectivity index (χ4v) is 2.78. The lowest BCUT2D eigenvalue weighted by atomic mass is 10.1. The topological polar surface area (TPSA) is 171 Å². The van der Waals surface area contributed by atoms with Gasteiger partial charge in [0.05, 0.1) is 26.4 Å². The molecule has 206 valence electrons. The van der Waals surface area contributed by atoms with Gasteiger partial charge in [0.1, 0.15) is 12.2 Å². The predicted molar refractivity (Wildman–Crippen MR) is 136 cm³/mol. The van der Waals surface area contributed by atoms with Gasteiger partial charge in [-0.15, -0.1) is 0 Å². The molecule has 0 aromatic rings. The molecule has 0 aliphatic rings. The molecule has 0 radical (unpaired) electrons. The highest BCUT2D eigenvalue weighted by molar-refractivity contribution is 6.30. The molecular formula is C24H53BO9. The maximum atomic E-state index is 9.11. The van der Waals surface area contributed by atoms with Gasteiger partial charge in [0.15, 0.2) is 0 Å². The van der Waals surface area contributed by atoms with Crippen LogP contribution in [0.25, 0.3) is 0 Å². The third-order valence-electron chi connectivity index (χ3n) is 4.74. The average Bonchev–Trinajstić information content (AvgIpc) is 2.82. The summed E-state index contributed by atoms with van der Waals surface area (Å²) >= 11 is 0. The average molecular weight is 496 g/mol. The van der Waals surface area contributed by atoms with Gasteiger partial charge in [-0.3, -0.25) is 0 Å². The number of rotatable bonds is 21. The van der Waals surface area contributed by atoms with Gasteiger partial charge < -0.3 is 45.3 Å². The molecule has 0 spiro atoms. The summed E-state index contributed by atoms with van der Waals surface area (Å²) < 4.78 is 5.29. The minimum atomic E-state index is -2.17. The van der Waals surface area contributed by atoms with Crippen molar-refractivity contribution in [3.8, 4) is 0 Å². The van der Waals surface area contributed by atoms with E-state index in [-0.39, 0.29) is 26.4 Å². The lowest BCUT2D eigenvalue weighted by molar-refractivity contribution is 0.00526. The van der Waals surface area contributed by atoms with Gasteiger partial charge >= 0.3 is 7.32 Å². The lowest BCUT2D eigenvalue weighted by Crippen LogP contribution is -2.19. The summed E-state index contributed by atoms with van der Waals surface area (Å²) in [6.07, 6.45) is 21.3. The van der Waals surface area contributed by atoms with E-state index in [1.54, 1.807) is 0 Å². The second kappa shape index (κ2) is 34.6. The number of hydrogen-bond donors (Lipinski definition) is 8. The first-order valence-corrected chi connectivity index (χ1v) is 12.8. The van der Waals surface area contributed by atoms with E-state index >= 15 is 0 Å². The molecule has 0 bridgehead atoms. The molecule has 0 fully saturated rings. The molecule has 0 amide bonds. The Balaban J connectivity index is -0.000000799. The Bertz CT molecular complexity index is 368. The lowest BCUT2D eigenvalue weighted by Gasteiger charge is -2.07. The minimum absolute atomic E-state index is 0.215. The zero-order valence-corrected chi connectivity index (χ0v) is 21.3. The van der Waals surface area contributed by atoms with E-state index in [4.69, 9.17) is 45.3 Å². The number of allylic oxidation sites excluding steroid dienone is 2. The van der Waals surface area contributed by atoms with Crippen molar-refractivity contribution in [2.45, 2.75) is 109 Å². The molecular weight excluding hydrogens is 443 g/mol. The molecule has 0 heterocycles. The molecule has 0 saturated carbocycles. The van der Waals surface area contributed by atoms with Crippen molar-refractivity contribution >= 4 is 7.32 Å². The molecule has 9 nitrogen and oxygen atoms in total. The summed E-state index contributed by atoms with van der Waals surface area (Å²) in [5.41, 5.74) is 0. The number of ether oxygens (including phenoxy) is 1. The van der Waals surface area contributed by atoms with Crippen LogP contribution < -0.4 is 0 Å². The van der Waals surface area contributed by atoms with Crippen LogP contribution in [0, 0.1) is 0 Å². The third-order valence-corrected chi connectivity index (χ3v) is 4.74. The van der Waals surface area contributed by atoms with Crippen LogP contribution >= 0.6 is 0 Å². The highest BCUT2D eigenvalue weighted by atomic mass is 16.5. The van der Waals surface area contributed by atoms with Crippen LogP contribution in [-0.2, 0) is 4.74 Å². The van der Waals surface area contributed by atoms with Crippen molar-refractivity contribution in [2.75, 3.05) is 33.0 Å². The Labute approximate surface area is 207 Å². The molecule has 0 aliphatic heterocycles. The van der Waals surface area contributed by atoms with Gasteiger partial charge in [0.25, 0.3) is 0 Å². The first kappa shape index (κ1) is 38.0. The second-order valence-corrected chi connectivity index (χ2v) is 8.21.